The van der Waals surface area contributed by atoms with Crippen molar-refractivity contribution in [2.45, 2.75) is 11.3 Å². The Morgan fingerprint density at radius 2 is 1.89 bits per heavy atom. The fraction of sp³-hybridized carbons (Fsp3) is 0.333. The van der Waals surface area contributed by atoms with E-state index in [1.807, 2.05) is 12.1 Å². The average molecular weight is 410 g/mol. The summed E-state index contributed by atoms with van der Waals surface area (Å²) in [5.74, 6) is -1.83. The van der Waals surface area contributed by atoms with Gasteiger partial charge in [0.2, 0.25) is 10.0 Å². The molecule has 1 aliphatic rings. The number of aromatic nitrogens is 1. The van der Waals surface area contributed by atoms with Crippen molar-refractivity contribution in [3.8, 4) is 0 Å². The van der Waals surface area contributed by atoms with Gasteiger partial charge in [-0.05, 0) is 36.2 Å². The van der Waals surface area contributed by atoms with Gasteiger partial charge in [-0.25, -0.2) is 22.0 Å². The number of sulfonamides is 1. The third kappa shape index (κ3) is 4.63. The van der Waals surface area contributed by atoms with Gasteiger partial charge in [-0.3, -0.25) is 4.98 Å². The zero-order valence-electron chi connectivity index (χ0n) is 15.0. The van der Waals surface area contributed by atoms with Crippen LogP contribution >= 0.6 is 0 Å². The molecular formula is C18H20F2N4O3S. The van der Waals surface area contributed by atoms with Crippen molar-refractivity contribution in [1.29, 1.82) is 0 Å². The van der Waals surface area contributed by atoms with Crippen molar-refractivity contribution in [2.75, 3.05) is 32.7 Å². The summed E-state index contributed by atoms with van der Waals surface area (Å²) in [6.07, 6.45) is 4.03. The number of hydrogen-bond donors (Lipinski definition) is 1. The minimum atomic E-state index is -4.16. The van der Waals surface area contributed by atoms with Crippen molar-refractivity contribution in [3.63, 3.8) is 0 Å². The molecule has 2 aromatic rings. The van der Waals surface area contributed by atoms with Crippen LogP contribution in [0.25, 0.3) is 0 Å². The second kappa shape index (κ2) is 8.61. The minimum Gasteiger partial charge on any atom is -0.338 e. The van der Waals surface area contributed by atoms with Crippen LogP contribution in [0.5, 0.6) is 0 Å². The lowest BCUT2D eigenvalue weighted by Gasteiger charge is -2.34. The smallest absolute Gasteiger partial charge is 0.317 e. The highest BCUT2D eigenvalue weighted by Gasteiger charge is 2.32. The van der Waals surface area contributed by atoms with Gasteiger partial charge in [-0.2, -0.15) is 4.31 Å². The molecule has 1 N–H and O–H groups in total. The summed E-state index contributed by atoms with van der Waals surface area (Å²) >= 11 is 0. The molecule has 1 aromatic carbocycles. The SMILES string of the molecule is O=C(NCCc1cccnc1)N1CCN(S(=O)(=O)c2cc(F)ccc2F)CC1. The Morgan fingerprint density at radius 3 is 2.57 bits per heavy atom. The highest BCUT2D eigenvalue weighted by Crippen LogP contribution is 2.21. The molecule has 2 amide bonds. The number of carbonyl (C=O) groups is 1. The molecule has 0 saturated carbocycles. The first-order valence-corrected chi connectivity index (χ1v) is 10.2. The molecule has 150 valence electrons. The molecule has 0 unspecified atom stereocenters. The molecular weight excluding hydrogens is 390 g/mol. The topological polar surface area (TPSA) is 82.6 Å². The molecule has 0 aliphatic carbocycles. The molecule has 2 heterocycles. The first-order chi connectivity index (χ1) is 13.4. The maximum Gasteiger partial charge on any atom is 0.317 e. The minimum absolute atomic E-state index is 0.00825. The molecule has 1 saturated heterocycles. The van der Waals surface area contributed by atoms with Crippen molar-refractivity contribution in [1.82, 2.24) is 19.5 Å². The maximum atomic E-state index is 13.9. The molecule has 7 nitrogen and oxygen atoms in total. The van der Waals surface area contributed by atoms with Crippen LogP contribution in [-0.4, -0.2) is 61.4 Å². The third-order valence-corrected chi connectivity index (χ3v) is 6.36. The van der Waals surface area contributed by atoms with E-state index in [9.17, 15) is 22.0 Å². The maximum absolute atomic E-state index is 13.9. The van der Waals surface area contributed by atoms with Gasteiger partial charge < -0.3 is 10.2 Å². The van der Waals surface area contributed by atoms with Crippen LogP contribution in [0.1, 0.15) is 5.56 Å². The number of carbonyl (C=O) groups excluding carboxylic acids is 1. The van der Waals surface area contributed by atoms with E-state index in [0.717, 1.165) is 22.0 Å². The highest BCUT2D eigenvalue weighted by molar-refractivity contribution is 7.89. The van der Waals surface area contributed by atoms with E-state index >= 15 is 0 Å². The predicted molar refractivity (Wildman–Crippen MR) is 98.0 cm³/mol. The summed E-state index contributed by atoms with van der Waals surface area (Å²) in [6.45, 7) is 0.768. The van der Waals surface area contributed by atoms with E-state index in [1.165, 1.54) is 4.90 Å². The van der Waals surface area contributed by atoms with Crippen LogP contribution in [-0.2, 0) is 16.4 Å². The quantitative estimate of drug-likeness (QED) is 0.812. The number of nitrogens with one attached hydrogen (secondary N) is 1. The Bertz CT molecular complexity index is 933. The largest absolute Gasteiger partial charge is 0.338 e. The normalized spacial score (nSPS) is 15.4. The van der Waals surface area contributed by atoms with E-state index in [1.54, 1.807) is 12.4 Å². The van der Waals surface area contributed by atoms with Crippen LogP contribution < -0.4 is 5.32 Å². The van der Waals surface area contributed by atoms with Gasteiger partial charge in [0, 0.05) is 45.1 Å². The lowest BCUT2D eigenvalue weighted by atomic mass is 10.2. The Labute approximate surface area is 162 Å². The lowest BCUT2D eigenvalue weighted by molar-refractivity contribution is 0.172. The molecule has 3 rings (SSSR count). The van der Waals surface area contributed by atoms with Crippen molar-refractivity contribution < 1.29 is 22.0 Å². The number of nitrogens with zero attached hydrogens (tertiary/aromatic N) is 3. The number of hydrogen-bond acceptors (Lipinski definition) is 4. The molecule has 0 bridgehead atoms. The number of rotatable bonds is 5. The standard InChI is InChI=1S/C18H20F2N4O3S/c19-15-3-4-16(20)17(12-15)28(26,27)24-10-8-23(9-11-24)18(25)22-7-5-14-2-1-6-21-13-14/h1-4,6,12-13H,5,7-11H2,(H,22,25). The summed E-state index contributed by atoms with van der Waals surface area (Å²) in [7, 11) is -4.16. The van der Waals surface area contributed by atoms with Crippen molar-refractivity contribution in [3.05, 3.63) is 59.9 Å². The molecule has 28 heavy (non-hydrogen) atoms. The average Bonchev–Trinajstić information content (AvgIpc) is 2.70. The zero-order chi connectivity index (χ0) is 20.1. The number of benzene rings is 1. The van der Waals surface area contributed by atoms with Gasteiger partial charge in [0.1, 0.15) is 16.5 Å². The number of amides is 2. The van der Waals surface area contributed by atoms with Gasteiger partial charge in [-0.15, -0.1) is 0 Å². The number of urea groups is 1. The Hall–Kier alpha value is -2.59. The lowest BCUT2D eigenvalue weighted by Crippen LogP contribution is -2.53. The van der Waals surface area contributed by atoms with Crippen LogP contribution in [0.15, 0.2) is 47.6 Å². The van der Waals surface area contributed by atoms with Crippen molar-refractivity contribution in [2.24, 2.45) is 0 Å². The van der Waals surface area contributed by atoms with Gasteiger partial charge in [-0.1, -0.05) is 6.07 Å². The van der Waals surface area contributed by atoms with Crippen LogP contribution in [0.3, 0.4) is 0 Å². The van der Waals surface area contributed by atoms with Gasteiger partial charge in [0.15, 0.2) is 0 Å². The first kappa shape index (κ1) is 20.2. The van der Waals surface area contributed by atoms with Crippen LogP contribution in [0.4, 0.5) is 13.6 Å². The monoisotopic (exact) mass is 410 g/mol. The molecule has 10 heteroatoms. The molecule has 1 aliphatic heterocycles. The number of pyridine rings is 1. The summed E-state index contributed by atoms with van der Waals surface area (Å²) in [4.78, 5) is 17.0. The van der Waals surface area contributed by atoms with Gasteiger partial charge in [0.05, 0.1) is 0 Å². The Morgan fingerprint density at radius 1 is 1.14 bits per heavy atom. The Balaban J connectivity index is 1.53. The van der Waals surface area contributed by atoms with Crippen molar-refractivity contribution >= 4 is 16.1 Å². The Kier molecular flexibility index (Phi) is 6.20. The molecule has 1 fully saturated rings. The molecule has 0 spiro atoms. The van der Waals surface area contributed by atoms with Crippen LogP contribution in [0.2, 0.25) is 0 Å². The van der Waals surface area contributed by atoms with E-state index in [0.29, 0.717) is 19.0 Å². The fourth-order valence-electron chi connectivity index (χ4n) is 2.92. The summed E-state index contributed by atoms with van der Waals surface area (Å²) in [5.41, 5.74) is 0.996. The van der Waals surface area contributed by atoms with E-state index < -0.39 is 26.6 Å². The van der Waals surface area contributed by atoms with E-state index in [4.69, 9.17) is 0 Å². The zero-order valence-corrected chi connectivity index (χ0v) is 15.8. The predicted octanol–water partition coefficient (Wildman–Crippen LogP) is 1.62. The third-order valence-electron chi connectivity index (χ3n) is 4.45. The fourth-order valence-corrected chi connectivity index (χ4v) is 4.42. The summed E-state index contributed by atoms with van der Waals surface area (Å²) < 4.78 is 53.4. The molecule has 0 atom stereocenters. The number of piperazine rings is 1. The molecule has 0 radical (unpaired) electrons. The molecule has 1 aromatic heterocycles. The summed E-state index contributed by atoms with van der Waals surface area (Å²) in [5, 5.41) is 2.78. The highest BCUT2D eigenvalue weighted by atomic mass is 32.2. The van der Waals surface area contributed by atoms with E-state index in [2.05, 4.69) is 10.3 Å². The van der Waals surface area contributed by atoms with Gasteiger partial charge >= 0.3 is 6.03 Å². The van der Waals surface area contributed by atoms with Gasteiger partial charge in [0.25, 0.3) is 0 Å². The van der Waals surface area contributed by atoms with E-state index in [-0.39, 0.29) is 32.2 Å². The number of halogens is 2. The second-order valence-electron chi connectivity index (χ2n) is 6.31. The second-order valence-corrected chi connectivity index (χ2v) is 8.22. The first-order valence-electron chi connectivity index (χ1n) is 8.75. The summed E-state index contributed by atoms with van der Waals surface area (Å²) in [6, 6.07) is 5.75. The van der Waals surface area contributed by atoms with Crippen LogP contribution in [0, 0.1) is 11.6 Å².